The lowest BCUT2D eigenvalue weighted by Gasteiger charge is -2.36. The maximum Gasteiger partial charge on any atom is 0.413 e. The summed E-state index contributed by atoms with van der Waals surface area (Å²) in [6.07, 6.45) is 2.35. The lowest BCUT2D eigenvalue weighted by atomic mass is 10.1. The molecule has 0 saturated carbocycles. The van der Waals surface area contributed by atoms with E-state index in [9.17, 15) is 9.59 Å². The largest absolute Gasteiger partial charge is 0.462 e. The molecule has 2 saturated heterocycles. The van der Waals surface area contributed by atoms with Gasteiger partial charge in [-0.1, -0.05) is 11.3 Å². The van der Waals surface area contributed by atoms with Gasteiger partial charge in [0, 0.05) is 44.0 Å². The van der Waals surface area contributed by atoms with Crippen LogP contribution in [0, 0.1) is 11.6 Å². The van der Waals surface area contributed by atoms with Gasteiger partial charge in [-0.3, -0.25) is 10.3 Å². The number of nitrogens with zero attached hydrogens (tertiary/aromatic N) is 7. The second-order valence-corrected chi connectivity index (χ2v) is 15.5. The molecule has 5 heterocycles. The molecule has 0 radical (unpaired) electrons. The van der Waals surface area contributed by atoms with E-state index in [1.165, 1.54) is 18.3 Å². The fraction of sp³-hybridized carbons (Fsp3) is 0.529. The Hall–Kier alpha value is -4.44. The summed E-state index contributed by atoms with van der Waals surface area (Å²) in [6.45, 7) is 13.5. The summed E-state index contributed by atoms with van der Waals surface area (Å²) < 4.78 is 48.8. The third-order valence-corrected chi connectivity index (χ3v) is 9.29. The van der Waals surface area contributed by atoms with Gasteiger partial charge < -0.3 is 28.9 Å². The number of halogens is 2. The van der Waals surface area contributed by atoms with Crippen LogP contribution in [0.3, 0.4) is 0 Å². The highest BCUT2D eigenvalue weighted by atomic mass is 32.1. The van der Waals surface area contributed by atoms with E-state index >= 15 is 8.78 Å². The molecule has 2 fully saturated rings. The van der Waals surface area contributed by atoms with Crippen LogP contribution in [0.4, 0.5) is 29.3 Å². The Labute approximate surface area is 292 Å². The van der Waals surface area contributed by atoms with E-state index < -0.39 is 35.0 Å². The van der Waals surface area contributed by atoms with Gasteiger partial charge in [0.05, 0.1) is 15.6 Å². The van der Waals surface area contributed by atoms with Gasteiger partial charge in [-0.25, -0.2) is 23.4 Å². The fourth-order valence-corrected chi connectivity index (χ4v) is 6.80. The number of carbonyl (C=O) groups is 2. The Morgan fingerprint density at radius 3 is 2.34 bits per heavy atom. The number of fused-ring (bicyclic) bond motifs is 2. The van der Waals surface area contributed by atoms with E-state index in [0.717, 1.165) is 30.7 Å². The lowest BCUT2D eigenvalue weighted by Crippen LogP contribution is -2.50. The summed E-state index contributed by atoms with van der Waals surface area (Å²) in [5, 5.41) is 2.98. The summed E-state index contributed by atoms with van der Waals surface area (Å²) in [5.41, 5.74) is -1.16. The van der Waals surface area contributed by atoms with Crippen molar-refractivity contribution in [3.63, 3.8) is 0 Å². The van der Waals surface area contributed by atoms with E-state index in [0.29, 0.717) is 44.0 Å². The molecule has 2 amide bonds. The van der Waals surface area contributed by atoms with E-state index in [4.69, 9.17) is 19.2 Å². The molecule has 0 unspecified atom stereocenters. The number of likely N-dealkylation sites (N-methyl/N-ethyl adjacent to an activating group) is 1. The Balaban J connectivity index is 1.36. The van der Waals surface area contributed by atoms with Crippen LogP contribution in [0.2, 0.25) is 0 Å². The average molecular weight is 713 g/mol. The van der Waals surface area contributed by atoms with Crippen molar-refractivity contribution in [1.82, 2.24) is 29.7 Å². The zero-order valence-electron chi connectivity index (χ0n) is 29.3. The Bertz CT molecular complexity index is 1920. The van der Waals surface area contributed by atoms with E-state index in [1.54, 1.807) is 25.7 Å². The molecule has 1 atom stereocenters. The average Bonchev–Trinajstić information content (AvgIpc) is 3.65. The second kappa shape index (κ2) is 13.7. The summed E-state index contributed by atoms with van der Waals surface area (Å²) in [7, 11) is 2.03. The first-order chi connectivity index (χ1) is 23.6. The molecule has 2 aliphatic heterocycles. The Morgan fingerprint density at radius 1 is 0.960 bits per heavy atom. The number of pyridine rings is 1. The first kappa shape index (κ1) is 35.4. The van der Waals surface area contributed by atoms with Crippen LogP contribution in [0.5, 0.6) is 6.01 Å². The Kier molecular flexibility index (Phi) is 9.70. The molecule has 1 N–H and O–H groups in total. The second-order valence-electron chi connectivity index (χ2n) is 14.5. The van der Waals surface area contributed by atoms with E-state index in [2.05, 4.69) is 25.2 Å². The normalized spacial score (nSPS) is 17.4. The number of hydrogen-bond acceptors (Lipinski definition) is 12. The van der Waals surface area contributed by atoms with Crippen molar-refractivity contribution in [1.29, 1.82) is 0 Å². The van der Waals surface area contributed by atoms with Gasteiger partial charge in [0.15, 0.2) is 10.9 Å². The summed E-state index contributed by atoms with van der Waals surface area (Å²) in [4.78, 5) is 49.1. The molecule has 50 heavy (non-hydrogen) atoms. The molecule has 6 rings (SSSR count). The molecular weight excluding hydrogens is 670 g/mol. The molecule has 3 aromatic heterocycles. The molecule has 4 aromatic rings. The van der Waals surface area contributed by atoms with E-state index in [-0.39, 0.29) is 44.2 Å². The minimum Gasteiger partial charge on any atom is -0.462 e. The van der Waals surface area contributed by atoms with Gasteiger partial charge in [0.2, 0.25) is 0 Å². The van der Waals surface area contributed by atoms with Gasteiger partial charge >= 0.3 is 18.2 Å². The SMILES string of the molecule is CN1CCC[C@H]1COc1nc(N2CCN(C(=O)OC(C)(C)C)CC2)c2cnc(-c3ccc(F)c4sc(NC(=O)OC(C)(C)C)nc34)c(F)c2n1. The highest BCUT2D eigenvalue weighted by Crippen LogP contribution is 2.38. The predicted octanol–water partition coefficient (Wildman–Crippen LogP) is 6.46. The van der Waals surface area contributed by atoms with Crippen LogP contribution < -0.4 is 15.0 Å². The molecule has 2 aliphatic rings. The number of likely N-dealkylation sites (tertiary alicyclic amines) is 1. The number of carbonyl (C=O) groups excluding carboxylic acids is 2. The van der Waals surface area contributed by atoms with Crippen molar-refractivity contribution in [3.05, 3.63) is 30.0 Å². The van der Waals surface area contributed by atoms with Gasteiger partial charge in [-0.15, -0.1) is 0 Å². The minimum atomic E-state index is -0.760. The van der Waals surface area contributed by atoms with Gasteiger partial charge in [-0.05, 0) is 80.1 Å². The predicted molar refractivity (Wildman–Crippen MR) is 187 cm³/mol. The molecule has 0 bridgehead atoms. The van der Waals surface area contributed by atoms with Crippen molar-refractivity contribution in [3.8, 4) is 17.3 Å². The number of thiazole rings is 1. The summed E-state index contributed by atoms with van der Waals surface area (Å²) >= 11 is 0.902. The van der Waals surface area contributed by atoms with Gasteiger partial charge in [0.1, 0.15) is 40.7 Å². The number of benzene rings is 1. The van der Waals surface area contributed by atoms with Crippen molar-refractivity contribution in [2.45, 2.75) is 71.6 Å². The van der Waals surface area contributed by atoms with Crippen LogP contribution in [-0.2, 0) is 9.47 Å². The third kappa shape index (κ3) is 7.80. The highest BCUT2D eigenvalue weighted by Gasteiger charge is 2.30. The first-order valence-corrected chi connectivity index (χ1v) is 17.4. The number of nitrogens with one attached hydrogen (secondary N) is 1. The van der Waals surface area contributed by atoms with Crippen LogP contribution >= 0.6 is 11.3 Å². The van der Waals surface area contributed by atoms with E-state index in [1.807, 2.05) is 32.7 Å². The number of anilines is 2. The zero-order chi connectivity index (χ0) is 36.0. The number of amides is 2. The monoisotopic (exact) mass is 712 g/mol. The summed E-state index contributed by atoms with van der Waals surface area (Å²) in [6, 6.07) is 2.80. The van der Waals surface area contributed by atoms with Crippen molar-refractivity contribution in [2.24, 2.45) is 0 Å². The third-order valence-electron chi connectivity index (χ3n) is 8.31. The smallest absolute Gasteiger partial charge is 0.413 e. The maximum atomic E-state index is 16.7. The van der Waals surface area contributed by atoms with Gasteiger partial charge in [-0.2, -0.15) is 9.97 Å². The van der Waals surface area contributed by atoms with Crippen molar-refractivity contribution in [2.75, 3.05) is 56.6 Å². The van der Waals surface area contributed by atoms with Gasteiger partial charge in [0.25, 0.3) is 0 Å². The fourth-order valence-electron chi connectivity index (χ4n) is 5.91. The van der Waals surface area contributed by atoms with Crippen LogP contribution in [0.15, 0.2) is 18.3 Å². The molecule has 13 nitrogen and oxygen atoms in total. The molecule has 268 valence electrons. The quantitative estimate of drug-likeness (QED) is 0.236. The minimum absolute atomic E-state index is 0.0141. The summed E-state index contributed by atoms with van der Waals surface area (Å²) in [5.74, 6) is -0.917. The number of hydrogen-bond donors (Lipinski definition) is 1. The Morgan fingerprint density at radius 2 is 1.68 bits per heavy atom. The van der Waals surface area contributed by atoms with Crippen LogP contribution in [-0.4, -0.2) is 106 Å². The first-order valence-electron chi connectivity index (χ1n) is 16.6. The molecule has 0 spiro atoms. The lowest BCUT2D eigenvalue weighted by molar-refractivity contribution is 0.0240. The van der Waals surface area contributed by atoms with Crippen molar-refractivity contribution < 1.29 is 32.6 Å². The molecule has 1 aromatic carbocycles. The molecule has 0 aliphatic carbocycles. The number of piperazine rings is 1. The van der Waals surface area contributed by atoms with Crippen molar-refractivity contribution >= 4 is 55.6 Å². The highest BCUT2D eigenvalue weighted by molar-refractivity contribution is 7.22. The molecule has 16 heteroatoms. The van der Waals surface area contributed by atoms with Crippen LogP contribution in [0.1, 0.15) is 54.4 Å². The number of aromatic nitrogens is 4. The zero-order valence-corrected chi connectivity index (χ0v) is 30.1. The number of rotatable bonds is 6. The number of ether oxygens (including phenoxy) is 3. The topological polar surface area (TPSA) is 135 Å². The van der Waals surface area contributed by atoms with Crippen LogP contribution in [0.25, 0.3) is 32.4 Å². The molecular formula is C34H42F2N8O5S. The maximum absolute atomic E-state index is 16.7. The standard InChI is InChI=1S/C34H42F2N8O5S/c1-33(2,3)48-31(45)41-30-39-26-20(10-11-22(35)27(26)50-30)24-23(36)25-21(17-37-24)28(40-29(38-25)47-18-19-9-8-12-42(19)7)43-13-15-44(16-14-43)32(46)49-34(4,5)6/h10-11,17,19H,8-9,12-16,18H2,1-7H3,(H,39,41,45)/t19-/m0/s1.